The molecule has 1 aliphatic rings. The number of carbonyl (C=O) groups is 1. The number of aryl methyl sites for hydroxylation is 1. The van der Waals surface area contributed by atoms with Gasteiger partial charge in [0.1, 0.15) is 0 Å². The van der Waals surface area contributed by atoms with Crippen molar-refractivity contribution in [2.45, 2.75) is 50.9 Å². The van der Waals surface area contributed by atoms with Gasteiger partial charge in [-0.05, 0) is 38.5 Å². The monoisotopic (exact) mass is 367 g/mol. The number of hydrogen-bond donors (Lipinski definition) is 3. The molecule has 3 N–H and O–H groups in total. The zero-order valence-electron chi connectivity index (χ0n) is 14.5. The molecule has 1 aliphatic carbocycles. The third kappa shape index (κ3) is 5.69. The maximum absolute atomic E-state index is 12.1. The smallest absolute Gasteiger partial charge is 0.321 e. The molecule has 0 radical (unpaired) electrons. The van der Waals surface area contributed by atoms with Crippen LogP contribution in [0.3, 0.4) is 0 Å². The highest BCUT2D eigenvalue weighted by Crippen LogP contribution is 2.45. The number of halogens is 1. The first-order valence-corrected chi connectivity index (χ1v) is 8.37. The molecule has 0 spiro atoms. The van der Waals surface area contributed by atoms with Crippen LogP contribution in [0.1, 0.15) is 38.8 Å². The lowest BCUT2D eigenvalue weighted by molar-refractivity contribution is 0.161. The van der Waals surface area contributed by atoms with Gasteiger partial charge in [-0.2, -0.15) is 4.98 Å². The van der Waals surface area contributed by atoms with Crippen molar-refractivity contribution in [2.75, 3.05) is 11.9 Å². The number of aliphatic imine (C=N–C) groups is 1. The lowest BCUT2D eigenvalue weighted by Crippen LogP contribution is -2.47. The van der Waals surface area contributed by atoms with Gasteiger partial charge < -0.3 is 10.3 Å². The molecule has 136 valence electrons. The van der Waals surface area contributed by atoms with Crippen molar-refractivity contribution in [2.24, 2.45) is 10.4 Å². The maximum Gasteiger partial charge on any atom is 0.321 e. The van der Waals surface area contributed by atoms with E-state index in [9.17, 15) is 14.4 Å². The highest BCUT2D eigenvalue weighted by atomic mass is 35.5. The van der Waals surface area contributed by atoms with Crippen molar-refractivity contribution >= 4 is 29.7 Å². The number of H-pyrrole nitrogens is 1. The maximum atomic E-state index is 12.1. The molecule has 0 bridgehead atoms. The number of alkyl halides is 1. The van der Waals surface area contributed by atoms with Crippen molar-refractivity contribution in [3.8, 4) is 0 Å². The molecule has 1 saturated carbocycles. The molecule has 9 heteroatoms. The molecular formula is C16H22ClN5O3. The first kappa shape index (κ1) is 19.1. The van der Waals surface area contributed by atoms with Crippen molar-refractivity contribution < 1.29 is 9.59 Å². The number of aromatic amines is 1. The van der Waals surface area contributed by atoms with Gasteiger partial charge >= 0.3 is 6.03 Å². The third-order valence-corrected chi connectivity index (χ3v) is 4.49. The Morgan fingerprint density at radius 1 is 1.52 bits per heavy atom. The molecule has 1 heterocycles. The van der Waals surface area contributed by atoms with E-state index in [0.717, 1.165) is 0 Å². The average Bonchev–Trinajstić information content (AvgIpc) is 2.42. The van der Waals surface area contributed by atoms with E-state index in [4.69, 9.17) is 11.6 Å². The van der Waals surface area contributed by atoms with E-state index in [1.54, 1.807) is 13.0 Å². The number of isocyanates is 1. The largest absolute Gasteiger partial charge is 0.337 e. The number of hydrogen-bond acceptors (Lipinski definition) is 5. The summed E-state index contributed by atoms with van der Waals surface area (Å²) in [5.41, 5.74) is -0.148. The Kier molecular flexibility index (Phi) is 5.65. The van der Waals surface area contributed by atoms with Gasteiger partial charge in [-0.15, -0.1) is 11.6 Å². The van der Waals surface area contributed by atoms with Crippen LogP contribution >= 0.6 is 11.6 Å². The van der Waals surface area contributed by atoms with Gasteiger partial charge in [-0.25, -0.2) is 14.6 Å². The molecule has 2 amide bonds. The summed E-state index contributed by atoms with van der Waals surface area (Å²) in [6, 6.07) is 0.645. The summed E-state index contributed by atoms with van der Waals surface area (Å²) in [7, 11) is 0. The summed E-state index contributed by atoms with van der Waals surface area (Å²) < 4.78 is 0. The number of aromatic nitrogens is 2. The second kappa shape index (κ2) is 7.37. The fourth-order valence-corrected chi connectivity index (χ4v) is 4.05. The van der Waals surface area contributed by atoms with Crippen LogP contribution in [0.4, 0.5) is 10.7 Å². The molecule has 0 saturated heterocycles. The SMILES string of the molecule is Cc1cc(=O)nc(NC(=O)NCC2(C)CC(N=C=O)CC(C)(Cl)C2)[nH]1. The van der Waals surface area contributed by atoms with Gasteiger partial charge in [0.05, 0.1) is 6.04 Å². The van der Waals surface area contributed by atoms with Crippen LogP contribution in [0.15, 0.2) is 15.9 Å². The van der Waals surface area contributed by atoms with Crippen LogP contribution in [0.2, 0.25) is 0 Å². The Morgan fingerprint density at radius 3 is 2.88 bits per heavy atom. The summed E-state index contributed by atoms with van der Waals surface area (Å²) in [5, 5.41) is 5.27. The van der Waals surface area contributed by atoms with Gasteiger partial charge in [-0.1, -0.05) is 6.92 Å². The first-order valence-electron chi connectivity index (χ1n) is 8.00. The van der Waals surface area contributed by atoms with E-state index in [2.05, 4.69) is 25.6 Å². The molecule has 1 aromatic heterocycles. The van der Waals surface area contributed by atoms with Gasteiger partial charge in [0.2, 0.25) is 12.0 Å². The number of amides is 2. The van der Waals surface area contributed by atoms with E-state index in [1.165, 1.54) is 6.07 Å². The van der Waals surface area contributed by atoms with E-state index >= 15 is 0 Å². The minimum atomic E-state index is -0.500. The highest BCUT2D eigenvalue weighted by Gasteiger charge is 2.43. The molecule has 0 aromatic carbocycles. The van der Waals surface area contributed by atoms with Crippen LogP contribution in [0.25, 0.3) is 0 Å². The number of nitrogens with zero attached hydrogens (tertiary/aromatic N) is 2. The molecular weight excluding hydrogens is 346 g/mol. The molecule has 8 nitrogen and oxygen atoms in total. The van der Waals surface area contributed by atoms with Crippen LogP contribution in [0.5, 0.6) is 0 Å². The minimum absolute atomic E-state index is 0.0851. The molecule has 1 aromatic rings. The van der Waals surface area contributed by atoms with Crippen molar-refractivity contribution in [3.63, 3.8) is 0 Å². The summed E-state index contributed by atoms with van der Waals surface area (Å²) >= 11 is 6.50. The molecule has 3 atom stereocenters. The topological polar surface area (TPSA) is 116 Å². The zero-order chi connectivity index (χ0) is 18.7. The molecule has 3 unspecified atom stereocenters. The minimum Gasteiger partial charge on any atom is -0.337 e. The van der Waals surface area contributed by atoms with Gasteiger partial charge in [0.25, 0.3) is 5.56 Å². The number of urea groups is 1. The number of carbonyl (C=O) groups excluding carboxylic acids is 2. The van der Waals surface area contributed by atoms with Crippen molar-refractivity contribution in [1.82, 2.24) is 15.3 Å². The lowest BCUT2D eigenvalue weighted by atomic mass is 9.69. The normalized spacial score (nSPS) is 28.7. The second-order valence-corrected chi connectivity index (χ2v) is 8.15. The van der Waals surface area contributed by atoms with Crippen LogP contribution < -0.4 is 16.2 Å². The number of anilines is 1. The van der Waals surface area contributed by atoms with Gasteiger partial charge in [0.15, 0.2) is 0 Å². The fraction of sp³-hybridized carbons (Fsp3) is 0.625. The number of nitrogens with one attached hydrogen (secondary N) is 3. The van der Waals surface area contributed by atoms with Gasteiger partial charge in [-0.3, -0.25) is 10.1 Å². The Morgan fingerprint density at radius 2 is 2.24 bits per heavy atom. The molecule has 0 aliphatic heterocycles. The van der Waals surface area contributed by atoms with Crippen molar-refractivity contribution in [3.05, 3.63) is 22.1 Å². The average molecular weight is 368 g/mol. The van der Waals surface area contributed by atoms with E-state index in [0.29, 0.717) is 31.5 Å². The van der Waals surface area contributed by atoms with E-state index in [-0.39, 0.29) is 17.4 Å². The fourth-order valence-electron chi connectivity index (χ4n) is 3.55. The predicted molar refractivity (Wildman–Crippen MR) is 94.7 cm³/mol. The van der Waals surface area contributed by atoms with Crippen LogP contribution in [-0.2, 0) is 4.79 Å². The zero-order valence-corrected chi connectivity index (χ0v) is 15.2. The Balaban J connectivity index is 1.99. The van der Waals surface area contributed by atoms with Crippen molar-refractivity contribution in [1.29, 1.82) is 0 Å². The van der Waals surface area contributed by atoms with E-state index in [1.807, 2.05) is 13.8 Å². The Bertz CT molecular complexity index is 756. The van der Waals surface area contributed by atoms with Gasteiger partial charge in [0, 0.05) is 23.2 Å². The third-order valence-electron chi connectivity index (χ3n) is 4.21. The van der Waals surface area contributed by atoms with Crippen LogP contribution in [0, 0.1) is 12.3 Å². The molecule has 25 heavy (non-hydrogen) atoms. The molecule has 2 rings (SSSR count). The summed E-state index contributed by atoms with van der Waals surface area (Å²) in [6.45, 7) is 5.94. The standard InChI is InChI=1S/C16H22ClN5O3/c1-10-4-12(24)21-13(20-10)22-14(25)18-8-15(2)5-11(19-9-23)6-16(3,17)7-15/h4,11H,5-8H2,1-3H3,(H3,18,20,21,22,24,25). The second-order valence-electron chi connectivity index (χ2n) is 7.24. The highest BCUT2D eigenvalue weighted by molar-refractivity contribution is 6.23. The quantitative estimate of drug-likeness (QED) is 0.429. The number of rotatable bonds is 4. The Hall–Kier alpha value is -2.18. The summed E-state index contributed by atoms with van der Waals surface area (Å²) in [5.74, 6) is 0.0851. The first-order chi connectivity index (χ1) is 11.6. The summed E-state index contributed by atoms with van der Waals surface area (Å²) in [6.07, 6.45) is 3.50. The lowest BCUT2D eigenvalue weighted by Gasteiger charge is -2.43. The summed E-state index contributed by atoms with van der Waals surface area (Å²) in [4.78, 5) is 43.8. The van der Waals surface area contributed by atoms with E-state index < -0.39 is 16.5 Å². The Labute approximate surface area is 150 Å². The predicted octanol–water partition coefficient (Wildman–Crippen LogP) is 2.09. The van der Waals surface area contributed by atoms with Crippen LogP contribution in [-0.4, -0.2) is 39.5 Å². The molecule has 1 fully saturated rings.